The van der Waals surface area contributed by atoms with Gasteiger partial charge in [-0.2, -0.15) is 0 Å². The van der Waals surface area contributed by atoms with Crippen LogP contribution in [0, 0.1) is 5.92 Å². The molecule has 2 heterocycles. The first-order valence-electron chi connectivity index (χ1n) is 4.69. The van der Waals surface area contributed by atoms with Gasteiger partial charge < -0.3 is 4.74 Å². The first-order chi connectivity index (χ1) is 6.68. The second-order valence-corrected chi connectivity index (χ2v) is 5.79. The van der Waals surface area contributed by atoms with Gasteiger partial charge in [-0.15, -0.1) is 22.9 Å². The Hall–Kier alpha value is 0.240. The molecule has 1 aliphatic heterocycles. The quantitative estimate of drug-likeness (QED) is 0.719. The summed E-state index contributed by atoms with van der Waals surface area (Å²) in [6.45, 7) is 2.91. The van der Waals surface area contributed by atoms with E-state index in [9.17, 15) is 0 Å². The Bertz CT molecular complexity index is 313. The van der Waals surface area contributed by atoms with Crippen molar-refractivity contribution in [2.24, 2.45) is 5.92 Å². The van der Waals surface area contributed by atoms with Crippen LogP contribution in [0.25, 0.3) is 0 Å². The van der Waals surface area contributed by atoms with Crippen LogP contribution in [0.3, 0.4) is 0 Å². The van der Waals surface area contributed by atoms with Gasteiger partial charge in [0.1, 0.15) is 0 Å². The third-order valence-electron chi connectivity index (χ3n) is 2.68. The molecule has 0 N–H and O–H groups in total. The Morgan fingerprint density at radius 1 is 1.57 bits per heavy atom. The maximum atomic E-state index is 6.39. The molecule has 0 aromatic carbocycles. The lowest BCUT2D eigenvalue weighted by molar-refractivity contribution is 0.105. The normalized spacial score (nSPS) is 29.4. The van der Waals surface area contributed by atoms with Gasteiger partial charge in [0, 0.05) is 17.4 Å². The highest BCUT2D eigenvalue weighted by atomic mass is 35.5. The third kappa shape index (κ3) is 2.08. The molecule has 0 bridgehead atoms. The molecule has 0 aliphatic carbocycles. The third-order valence-corrected chi connectivity index (χ3v) is 4.68. The van der Waals surface area contributed by atoms with E-state index in [1.165, 1.54) is 0 Å². The molecule has 78 valence electrons. The van der Waals surface area contributed by atoms with Gasteiger partial charge in [-0.1, -0.05) is 11.6 Å². The second-order valence-electron chi connectivity index (χ2n) is 3.57. The van der Waals surface area contributed by atoms with Crippen molar-refractivity contribution in [3.05, 3.63) is 21.3 Å². The lowest BCUT2D eigenvalue weighted by Gasteiger charge is -2.18. The Balaban J connectivity index is 2.11. The molecule has 0 amide bonds. The summed E-state index contributed by atoms with van der Waals surface area (Å²) in [7, 11) is 0. The van der Waals surface area contributed by atoms with E-state index in [4.69, 9.17) is 27.9 Å². The summed E-state index contributed by atoms with van der Waals surface area (Å²) in [5.41, 5.74) is 0. The largest absolute Gasteiger partial charge is 0.378 e. The summed E-state index contributed by atoms with van der Waals surface area (Å²) < 4.78 is 6.31. The van der Waals surface area contributed by atoms with Gasteiger partial charge in [-0.05, 0) is 25.5 Å². The van der Waals surface area contributed by atoms with Crippen LogP contribution in [-0.2, 0) is 4.74 Å². The van der Waals surface area contributed by atoms with Crippen molar-refractivity contribution in [2.45, 2.75) is 24.8 Å². The molecule has 0 spiro atoms. The van der Waals surface area contributed by atoms with Crippen LogP contribution in [-0.4, -0.2) is 12.7 Å². The van der Waals surface area contributed by atoms with Crippen molar-refractivity contribution in [3.63, 3.8) is 0 Å². The van der Waals surface area contributed by atoms with E-state index in [-0.39, 0.29) is 11.5 Å². The molecule has 1 aromatic heterocycles. The van der Waals surface area contributed by atoms with Crippen LogP contribution in [0.15, 0.2) is 12.1 Å². The minimum absolute atomic E-state index is 0.0463. The van der Waals surface area contributed by atoms with Crippen LogP contribution in [0.1, 0.15) is 23.6 Å². The van der Waals surface area contributed by atoms with Gasteiger partial charge in [0.25, 0.3) is 0 Å². The van der Waals surface area contributed by atoms with Gasteiger partial charge in [0.2, 0.25) is 0 Å². The zero-order chi connectivity index (χ0) is 10.1. The van der Waals surface area contributed by atoms with E-state index in [0.717, 1.165) is 22.2 Å². The number of rotatable bonds is 2. The molecule has 14 heavy (non-hydrogen) atoms. The Morgan fingerprint density at radius 2 is 2.36 bits per heavy atom. The number of ether oxygens (including phenoxy) is 1. The Kier molecular flexibility index (Phi) is 3.38. The molecule has 2 rings (SSSR count). The zero-order valence-electron chi connectivity index (χ0n) is 7.87. The van der Waals surface area contributed by atoms with E-state index < -0.39 is 0 Å². The molecule has 4 heteroatoms. The SMILES string of the molecule is CC1OCCC1C(Cl)c1ccc(Cl)s1. The first-order valence-corrected chi connectivity index (χ1v) is 6.32. The fourth-order valence-electron chi connectivity index (χ4n) is 1.82. The predicted octanol–water partition coefficient (Wildman–Crippen LogP) is 4.11. The summed E-state index contributed by atoms with van der Waals surface area (Å²) >= 11 is 13.8. The molecule has 1 saturated heterocycles. The fraction of sp³-hybridized carbons (Fsp3) is 0.600. The van der Waals surface area contributed by atoms with Crippen LogP contribution < -0.4 is 0 Å². The lowest BCUT2D eigenvalue weighted by atomic mass is 9.97. The van der Waals surface area contributed by atoms with Crippen molar-refractivity contribution in [1.82, 2.24) is 0 Å². The number of hydrogen-bond acceptors (Lipinski definition) is 2. The van der Waals surface area contributed by atoms with Gasteiger partial charge in [0.15, 0.2) is 0 Å². The molecule has 3 unspecified atom stereocenters. The van der Waals surface area contributed by atoms with Crippen molar-refractivity contribution in [3.8, 4) is 0 Å². The fourth-order valence-corrected chi connectivity index (χ4v) is 3.47. The zero-order valence-corrected chi connectivity index (χ0v) is 10.2. The van der Waals surface area contributed by atoms with Gasteiger partial charge in [-0.25, -0.2) is 0 Å². The average Bonchev–Trinajstić information content (AvgIpc) is 2.73. The summed E-state index contributed by atoms with van der Waals surface area (Å²) in [6.07, 6.45) is 1.31. The highest BCUT2D eigenvalue weighted by Gasteiger charge is 2.32. The molecular formula is C10H12Cl2OS. The van der Waals surface area contributed by atoms with E-state index in [0.29, 0.717) is 5.92 Å². The number of thiophene rings is 1. The van der Waals surface area contributed by atoms with E-state index in [2.05, 4.69) is 6.92 Å². The molecular weight excluding hydrogens is 239 g/mol. The lowest BCUT2D eigenvalue weighted by Crippen LogP contribution is -2.15. The van der Waals surface area contributed by atoms with Crippen LogP contribution in [0.2, 0.25) is 4.34 Å². The van der Waals surface area contributed by atoms with Crippen LogP contribution >= 0.6 is 34.5 Å². The average molecular weight is 251 g/mol. The minimum atomic E-state index is 0.0463. The standard InChI is InChI=1S/C10H12Cl2OS/c1-6-7(4-5-13-6)10(12)8-2-3-9(11)14-8/h2-3,6-7,10H,4-5H2,1H3. The highest BCUT2D eigenvalue weighted by molar-refractivity contribution is 7.16. The van der Waals surface area contributed by atoms with Crippen LogP contribution in [0.5, 0.6) is 0 Å². The molecule has 1 aliphatic rings. The van der Waals surface area contributed by atoms with Gasteiger partial charge in [-0.3, -0.25) is 0 Å². The van der Waals surface area contributed by atoms with Gasteiger partial charge in [0.05, 0.1) is 15.8 Å². The minimum Gasteiger partial charge on any atom is -0.378 e. The van der Waals surface area contributed by atoms with Crippen molar-refractivity contribution >= 4 is 34.5 Å². The summed E-state index contributed by atoms with van der Waals surface area (Å²) in [6, 6.07) is 3.91. The van der Waals surface area contributed by atoms with E-state index >= 15 is 0 Å². The predicted molar refractivity (Wildman–Crippen MR) is 61.4 cm³/mol. The first kappa shape index (κ1) is 10.7. The van der Waals surface area contributed by atoms with Crippen molar-refractivity contribution < 1.29 is 4.74 Å². The highest BCUT2D eigenvalue weighted by Crippen LogP contribution is 2.41. The molecule has 0 saturated carbocycles. The summed E-state index contributed by atoms with van der Waals surface area (Å²) in [4.78, 5) is 1.15. The molecule has 0 radical (unpaired) electrons. The number of hydrogen-bond donors (Lipinski definition) is 0. The molecule has 1 aromatic rings. The maximum Gasteiger partial charge on any atom is 0.0931 e. The molecule has 3 atom stereocenters. The summed E-state index contributed by atoms with van der Waals surface area (Å²) in [5, 5.41) is 0.0463. The monoisotopic (exact) mass is 250 g/mol. The number of alkyl halides is 1. The Labute approximate surface area is 98.0 Å². The molecule has 1 fully saturated rings. The van der Waals surface area contributed by atoms with Crippen molar-refractivity contribution in [1.29, 1.82) is 0 Å². The maximum absolute atomic E-state index is 6.39. The number of halogens is 2. The Morgan fingerprint density at radius 3 is 2.86 bits per heavy atom. The van der Waals surface area contributed by atoms with Crippen molar-refractivity contribution in [2.75, 3.05) is 6.61 Å². The van der Waals surface area contributed by atoms with Crippen LogP contribution in [0.4, 0.5) is 0 Å². The van der Waals surface area contributed by atoms with E-state index in [1.807, 2.05) is 12.1 Å². The second kappa shape index (κ2) is 4.40. The van der Waals surface area contributed by atoms with Gasteiger partial charge >= 0.3 is 0 Å². The topological polar surface area (TPSA) is 9.23 Å². The van der Waals surface area contributed by atoms with E-state index in [1.54, 1.807) is 11.3 Å². The summed E-state index contributed by atoms with van der Waals surface area (Å²) in [5.74, 6) is 0.423. The smallest absolute Gasteiger partial charge is 0.0931 e. The molecule has 1 nitrogen and oxygen atoms in total.